The predicted molar refractivity (Wildman–Crippen MR) is 89.6 cm³/mol. The number of nitrogens with zero attached hydrogens (tertiary/aromatic N) is 1. The summed E-state index contributed by atoms with van der Waals surface area (Å²) >= 11 is 7.17. The van der Waals surface area contributed by atoms with Gasteiger partial charge < -0.3 is 9.72 Å². The van der Waals surface area contributed by atoms with Crippen LogP contribution in [0.5, 0.6) is 0 Å². The molecule has 1 heterocycles. The topological polar surface area (TPSA) is 37.9 Å². The zero-order valence-corrected chi connectivity index (χ0v) is 14.2. The van der Waals surface area contributed by atoms with E-state index in [4.69, 9.17) is 17.0 Å². The van der Waals surface area contributed by atoms with Crippen LogP contribution in [0.2, 0.25) is 0 Å². The van der Waals surface area contributed by atoms with Crippen LogP contribution >= 0.6 is 24.0 Å². The van der Waals surface area contributed by atoms with Crippen molar-refractivity contribution in [3.05, 3.63) is 15.9 Å². The molecule has 1 aromatic heterocycles. The van der Waals surface area contributed by atoms with Crippen LogP contribution in [0.25, 0.3) is 0 Å². The highest BCUT2D eigenvalue weighted by Gasteiger charge is 2.15. The number of aromatic amines is 1. The van der Waals surface area contributed by atoms with E-state index in [2.05, 4.69) is 9.97 Å². The average molecular weight is 325 g/mol. The minimum Gasteiger partial charge on any atom is -0.377 e. The van der Waals surface area contributed by atoms with Gasteiger partial charge in [-0.25, -0.2) is 4.98 Å². The first-order chi connectivity index (χ1) is 10.3. The molecule has 1 fully saturated rings. The minimum absolute atomic E-state index is 0.495. The van der Waals surface area contributed by atoms with Crippen LogP contribution in [0.3, 0.4) is 0 Å². The minimum atomic E-state index is 0.495. The predicted octanol–water partition coefficient (Wildman–Crippen LogP) is 4.46. The van der Waals surface area contributed by atoms with Crippen LogP contribution in [-0.2, 0) is 17.6 Å². The molecular weight excluding hydrogens is 300 g/mol. The number of thioether (sulfide) groups is 1. The molecule has 1 N–H and O–H groups in total. The summed E-state index contributed by atoms with van der Waals surface area (Å²) in [6.45, 7) is 0.814. The lowest BCUT2D eigenvalue weighted by Gasteiger charge is -2.21. The number of H-pyrrole nitrogens is 1. The highest BCUT2D eigenvalue weighted by Crippen LogP contribution is 2.24. The van der Waals surface area contributed by atoms with E-state index in [1.807, 2.05) is 0 Å². The third-order valence-corrected chi connectivity index (χ3v) is 5.59. The van der Waals surface area contributed by atoms with Crippen molar-refractivity contribution in [2.24, 2.45) is 0 Å². The molecule has 0 aromatic carbocycles. The van der Waals surface area contributed by atoms with Crippen molar-refractivity contribution in [3.63, 3.8) is 0 Å². The van der Waals surface area contributed by atoms with E-state index in [1.54, 1.807) is 11.8 Å². The Morgan fingerprint density at radius 3 is 2.81 bits per heavy atom. The van der Waals surface area contributed by atoms with Crippen molar-refractivity contribution >= 4 is 24.0 Å². The van der Waals surface area contributed by atoms with Gasteiger partial charge in [-0.05, 0) is 38.5 Å². The van der Waals surface area contributed by atoms with Gasteiger partial charge in [0.2, 0.25) is 0 Å². The Bertz CT molecular complexity index is 523. The van der Waals surface area contributed by atoms with Crippen LogP contribution in [-0.4, -0.2) is 28.4 Å². The second-order valence-corrected chi connectivity index (χ2v) is 7.46. The van der Waals surface area contributed by atoms with E-state index >= 15 is 0 Å². The zero-order chi connectivity index (χ0) is 14.5. The number of hydrogen-bond acceptors (Lipinski definition) is 4. The second kappa shape index (κ2) is 7.75. The van der Waals surface area contributed by atoms with E-state index in [0.29, 0.717) is 6.10 Å². The molecule has 1 aromatic rings. The Balaban J connectivity index is 1.49. The summed E-state index contributed by atoms with van der Waals surface area (Å²) in [4.78, 5) is 8.01. The van der Waals surface area contributed by atoms with Crippen molar-refractivity contribution in [1.29, 1.82) is 0 Å². The molecular formula is C16H24N2OS2. The summed E-state index contributed by atoms with van der Waals surface area (Å²) in [7, 11) is 0. The number of ether oxygens (including phenoxy) is 1. The van der Waals surface area contributed by atoms with E-state index < -0.39 is 0 Å². The summed E-state index contributed by atoms with van der Waals surface area (Å²) in [5.41, 5.74) is 2.59. The highest BCUT2D eigenvalue weighted by molar-refractivity contribution is 7.99. The molecule has 1 saturated carbocycles. The molecule has 0 aliphatic heterocycles. The lowest BCUT2D eigenvalue weighted by atomic mass is 9.98. The first-order valence-corrected chi connectivity index (χ1v) is 9.59. The molecule has 0 unspecified atom stereocenters. The Labute approximate surface area is 136 Å². The van der Waals surface area contributed by atoms with Crippen LogP contribution in [0.15, 0.2) is 5.16 Å². The number of aromatic nitrogens is 2. The van der Waals surface area contributed by atoms with Crippen LogP contribution in [0, 0.1) is 4.64 Å². The molecule has 0 saturated heterocycles. The molecule has 0 spiro atoms. The number of nitrogens with one attached hydrogen (secondary N) is 1. The van der Waals surface area contributed by atoms with E-state index in [9.17, 15) is 0 Å². The van der Waals surface area contributed by atoms with E-state index in [0.717, 1.165) is 35.0 Å². The molecule has 2 aliphatic rings. The fraction of sp³-hybridized carbons (Fsp3) is 0.750. The smallest absolute Gasteiger partial charge is 0.167 e. The third kappa shape index (κ3) is 4.30. The number of fused-ring (bicyclic) bond motifs is 1. The summed E-state index contributed by atoms with van der Waals surface area (Å²) in [5, 5.41) is 0.966. The van der Waals surface area contributed by atoms with Crippen molar-refractivity contribution in [3.8, 4) is 0 Å². The third-order valence-electron chi connectivity index (χ3n) is 4.41. The first kappa shape index (κ1) is 15.5. The molecule has 0 bridgehead atoms. The van der Waals surface area contributed by atoms with Gasteiger partial charge in [-0.3, -0.25) is 0 Å². The van der Waals surface area contributed by atoms with Gasteiger partial charge in [-0.1, -0.05) is 43.2 Å². The molecule has 2 aliphatic carbocycles. The van der Waals surface area contributed by atoms with Crippen LogP contribution < -0.4 is 0 Å². The lowest BCUT2D eigenvalue weighted by molar-refractivity contribution is 0.0385. The Kier molecular flexibility index (Phi) is 5.72. The highest BCUT2D eigenvalue weighted by atomic mass is 32.2. The molecule has 3 nitrogen and oxygen atoms in total. The molecule has 0 amide bonds. The largest absolute Gasteiger partial charge is 0.377 e. The normalized spacial score (nSPS) is 19.4. The Hall–Kier alpha value is -0.390. The summed E-state index contributed by atoms with van der Waals surface area (Å²) < 4.78 is 6.76. The first-order valence-electron chi connectivity index (χ1n) is 8.19. The maximum atomic E-state index is 5.96. The molecule has 116 valence electrons. The molecule has 5 heteroatoms. The monoisotopic (exact) mass is 324 g/mol. The maximum Gasteiger partial charge on any atom is 0.167 e. The average Bonchev–Trinajstić information content (AvgIpc) is 2.53. The van der Waals surface area contributed by atoms with Gasteiger partial charge >= 0.3 is 0 Å². The van der Waals surface area contributed by atoms with Crippen molar-refractivity contribution in [2.75, 3.05) is 12.4 Å². The Morgan fingerprint density at radius 2 is 1.95 bits per heavy atom. The standard InChI is InChI=1S/C16H24N2OS2/c20-15-13-8-4-5-9-14(13)17-16(18-15)21-11-10-19-12-6-2-1-3-7-12/h12H,1-11H2,(H,17,18,20). The van der Waals surface area contributed by atoms with Gasteiger partial charge in [0.1, 0.15) is 4.64 Å². The summed E-state index contributed by atoms with van der Waals surface area (Å²) in [6.07, 6.45) is 11.7. The zero-order valence-electron chi connectivity index (χ0n) is 12.5. The Morgan fingerprint density at radius 1 is 1.14 bits per heavy atom. The van der Waals surface area contributed by atoms with Crippen LogP contribution in [0.1, 0.15) is 56.2 Å². The van der Waals surface area contributed by atoms with Gasteiger partial charge in [-0.2, -0.15) is 0 Å². The number of hydrogen-bond donors (Lipinski definition) is 1. The quantitative estimate of drug-likeness (QED) is 0.375. The van der Waals surface area contributed by atoms with Crippen molar-refractivity contribution in [1.82, 2.24) is 9.97 Å². The number of aryl methyl sites for hydroxylation is 1. The summed E-state index contributed by atoms with van der Waals surface area (Å²) in [6, 6.07) is 0. The van der Waals surface area contributed by atoms with Crippen LogP contribution in [0.4, 0.5) is 0 Å². The van der Waals surface area contributed by atoms with E-state index in [1.165, 1.54) is 56.2 Å². The summed E-state index contributed by atoms with van der Waals surface area (Å²) in [5.74, 6) is 0.952. The number of rotatable bonds is 5. The van der Waals surface area contributed by atoms with Gasteiger partial charge in [0, 0.05) is 17.0 Å². The molecule has 21 heavy (non-hydrogen) atoms. The molecule has 3 rings (SSSR count). The van der Waals surface area contributed by atoms with E-state index in [-0.39, 0.29) is 0 Å². The molecule has 0 radical (unpaired) electrons. The fourth-order valence-corrected chi connectivity index (χ4v) is 4.35. The maximum absolute atomic E-state index is 5.96. The van der Waals surface area contributed by atoms with Gasteiger partial charge in [-0.15, -0.1) is 0 Å². The molecule has 0 atom stereocenters. The lowest BCUT2D eigenvalue weighted by Crippen LogP contribution is -2.18. The van der Waals surface area contributed by atoms with Gasteiger partial charge in [0.15, 0.2) is 5.16 Å². The fourth-order valence-electron chi connectivity index (χ4n) is 3.25. The van der Waals surface area contributed by atoms with Crippen molar-refractivity contribution < 1.29 is 4.74 Å². The SMILES string of the molecule is S=c1nc(SCCOC2CCCCC2)[nH]c2c1CCCC2. The van der Waals surface area contributed by atoms with Gasteiger partial charge in [0.25, 0.3) is 0 Å². The van der Waals surface area contributed by atoms with Crippen molar-refractivity contribution in [2.45, 2.75) is 69.0 Å². The van der Waals surface area contributed by atoms with Gasteiger partial charge in [0.05, 0.1) is 12.7 Å². The second-order valence-electron chi connectivity index (χ2n) is 5.99.